The summed E-state index contributed by atoms with van der Waals surface area (Å²) in [5.41, 5.74) is 0.251. The highest BCUT2D eigenvalue weighted by Crippen LogP contribution is 2.30. The van der Waals surface area contributed by atoms with Crippen LogP contribution in [0.4, 0.5) is 19.0 Å². The van der Waals surface area contributed by atoms with Gasteiger partial charge in [0.05, 0.1) is 5.69 Å². The molecule has 0 amide bonds. The Bertz CT molecular complexity index is 956. The molecule has 28 heavy (non-hydrogen) atoms. The van der Waals surface area contributed by atoms with E-state index in [1.807, 2.05) is 4.90 Å². The van der Waals surface area contributed by atoms with E-state index in [4.69, 9.17) is 4.42 Å². The molecule has 0 bridgehead atoms. The number of piperazine rings is 1. The van der Waals surface area contributed by atoms with Gasteiger partial charge in [0.25, 0.3) is 0 Å². The molecule has 1 aliphatic rings. The van der Waals surface area contributed by atoms with Gasteiger partial charge < -0.3 is 13.7 Å². The molecule has 0 saturated carbocycles. The maximum atomic E-state index is 13.0. The highest BCUT2D eigenvalue weighted by molar-refractivity contribution is 5.64. The third-order valence-corrected chi connectivity index (χ3v) is 4.89. The average Bonchev–Trinajstić information content (AvgIpc) is 3.28. The first kappa shape index (κ1) is 18.7. The highest BCUT2D eigenvalue weighted by Gasteiger charge is 2.34. The second kappa shape index (κ2) is 7.08. The van der Waals surface area contributed by atoms with E-state index in [0.29, 0.717) is 25.5 Å². The van der Waals surface area contributed by atoms with Crippen LogP contribution in [0.2, 0.25) is 0 Å². The van der Waals surface area contributed by atoms with Crippen LogP contribution in [0, 0.1) is 0 Å². The molecule has 1 saturated heterocycles. The second-order valence-electron chi connectivity index (χ2n) is 7.19. The Kier molecular flexibility index (Phi) is 4.74. The van der Waals surface area contributed by atoms with E-state index in [9.17, 15) is 13.2 Å². The molecule has 4 heterocycles. The molecule has 1 aliphatic heterocycles. The fourth-order valence-electron chi connectivity index (χ4n) is 3.46. The SMILES string of the molecule is CC(C)c1ocnc1CN1CCN(c2nccn3cc(C(F)(F)F)nc23)CC1. The Morgan fingerprint density at radius 3 is 2.57 bits per heavy atom. The van der Waals surface area contributed by atoms with Crippen LogP contribution in [0.5, 0.6) is 0 Å². The minimum atomic E-state index is -4.48. The number of fused-ring (bicyclic) bond motifs is 1. The van der Waals surface area contributed by atoms with Crippen LogP contribution in [-0.2, 0) is 12.7 Å². The fourth-order valence-corrected chi connectivity index (χ4v) is 3.46. The van der Waals surface area contributed by atoms with Gasteiger partial charge in [0.15, 0.2) is 23.6 Å². The molecule has 7 nitrogen and oxygen atoms in total. The van der Waals surface area contributed by atoms with Crippen molar-refractivity contribution in [2.45, 2.75) is 32.5 Å². The van der Waals surface area contributed by atoms with Crippen LogP contribution in [-0.4, -0.2) is 50.4 Å². The first-order chi connectivity index (χ1) is 13.3. The molecular formula is C18H21F3N6O. The predicted octanol–water partition coefficient (Wildman–Crippen LogP) is 3.18. The Hall–Kier alpha value is -2.62. The molecule has 0 radical (unpaired) electrons. The first-order valence-corrected chi connectivity index (χ1v) is 9.13. The number of aromatic nitrogens is 4. The lowest BCUT2D eigenvalue weighted by molar-refractivity contribution is -0.140. The maximum Gasteiger partial charge on any atom is 0.434 e. The van der Waals surface area contributed by atoms with Crippen LogP contribution < -0.4 is 4.90 Å². The van der Waals surface area contributed by atoms with Crippen molar-refractivity contribution in [3.63, 3.8) is 0 Å². The third-order valence-electron chi connectivity index (χ3n) is 4.89. The highest BCUT2D eigenvalue weighted by atomic mass is 19.4. The Morgan fingerprint density at radius 1 is 1.14 bits per heavy atom. The maximum absolute atomic E-state index is 13.0. The summed E-state index contributed by atoms with van der Waals surface area (Å²) in [4.78, 5) is 16.6. The molecule has 0 spiro atoms. The molecule has 3 aromatic rings. The Morgan fingerprint density at radius 2 is 1.89 bits per heavy atom. The quantitative estimate of drug-likeness (QED) is 0.677. The summed E-state index contributed by atoms with van der Waals surface area (Å²) in [6.07, 6.45) is 0.973. The monoisotopic (exact) mass is 394 g/mol. The zero-order chi connectivity index (χ0) is 19.9. The summed E-state index contributed by atoms with van der Waals surface area (Å²) in [6, 6.07) is 0. The normalized spacial score (nSPS) is 16.4. The van der Waals surface area contributed by atoms with Gasteiger partial charge in [-0.1, -0.05) is 13.8 Å². The van der Waals surface area contributed by atoms with Crippen molar-refractivity contribution in [2.24, 2.45) is 0 Å². The van der Waals surface area contributed by atoms with Gasteiger partial charge in [-0.05, 0) is 0 Å². The van der Waals surface area contributed by atoms with Gasteiger partial charge in [0.1, 0.15) is 5.76 Å². The van der Waals surface area contributed by atoms with Crippen molar-refractivity contribution in [1.29, 1.82) is 0 Å². The van der Waals surface area contributed by atoms with Crippen molar-refractivity contribution in [3.8, 4) is 0 Å². The number of alkyl halides is 3. The molecule has 3 aromatic heterocycles. The smallest absolute Gasteiger partial charge is 0.434 e. The average molecular weight is 394 g/mol. The van der Waals surface area contributed by atoms with Gasteiger partial charge in [0, 0.05) is 57.2 Å². The molecule has 4 rings (SSSR count). The molecule has 0 unspecified atom stereocenters. The number of hydrogen-bond donors (Lipinski definition) is 0. The summed E-state index contributed by atoms with van der Waals surface area (Å²) in [5.74, 6) is 1.64. The minimum Gasteiger partial charge on any atom is -0.448 e. The third kappa shape index (κ3) is 3.56. The molecule has 1 fully saturated rings. The summed E-state index contributed by atoms with van der Waals surface area (Å²) >= 11 is 0. The number of halogens is 3. The van der Waals surface area contributed by atoms with Crippen LogP contribution >= 0.6 is 0 Å². The summed E-state index contributed by atoms with van der Waals surface area (Å²) in [6.45, 7) is 7.62. The van der Waals surface area contributed by atoms with Crippen LogP contribution in [0.3, 0.4) is 0 Å². The zero-order valence-corrected chi connectivity index (χ0v) is 15.6. The van der Waals surface area contributed by atoms with Gasteiger partial charge in [0.2, 0.25) is 0 Å². The van der Waals surface area contributed by atoms with Crippen LogP contribution in [0.15, 0.2) is 29.4 Å². The lowest BCUT2D eigenvalue weighted by atomic mass is 10.1. The molecule has 0 aliphatic carbocycles. The number of hydrogen-bond acceptors (Lipinski definition) is 6. The zero-order valence-electron chi connectivity index (χ0n) is 15.6. The molecule has 0 aromatic carbocycles. The van der Waals surface area contributed by atoms with Gasteiger partial charge in [-0.25, -0.2) is 15.0 Å². The van der Waals surface area contributed by atoms with Gasteiger partial charge in [-0.15, -0.1) is 0 Å². The first-order valence-electron chi connectivity index (χ1n) is 9.13. The van der Waals surface area contributed by atoms with E-state index in [1.54, 1.807) is 0 Å². The second-order valence-corrected chi connectivity index (χ2v) is 7.19. The fraction of sp³-hybridized carbons (Fsp3) is 0.500. The largest absolute Gasteiger partial charge is 0.448 e. The van der Waals surface area contributed by atoms with Gasteiger partial charge >= 0.3 is 6.18 Å². The van der Waals surface area contributed by atoms with Crippen molar-refractivity contribution < 1.29 is 17.6 Å². The molecule has 0 atom stereocenters. The molecule has 150 valence electrons. The predicted molar refractivity (Wildman–Crippen MR) is 96.1 cm³/mol. The summed E-state index contributed by atoms with van der Waals surface area (Å²) in [5, 5.41) is 0. The van der Waals surface area contributed by atoms with E-state index in [1.165, 1.54) is 23.2 Å². The Balaban J connectivity index is 1.48. The molecule has 0 N–H and O–H groups in total. The molecular weight excluding hydrogens is 373 g/mol. The number of imidazole rings is 1. The lowest BCUT2D eigenvalue weighted by Gasteiger charge is -2.35. The number of nitrogens with zero attached hydrogens (tertiary/aromatic N) is 6. The van der Waals surface area contributed by atoms with Crippen LogP contribution in [0.1, 0.15) is 36.9 Å². The summed E-state index contributed by atoms with van der Waals surface area (Å²) < 4.78 is 45.8. The van der Waals surface area contributed by atoms with E-state index in [-0.39, 0.29) is 11.6 Å². The number of oxazole rings is 1. The van der Waals surface area contributed by atoms with Gasteiger partial charge in [-0.3, -0.25) is 4.90 Å². The molecule has 10 heteroatoms. The van der Waals surface area contributed by atoms with E-state index in [0.717, 1.165) is 30.7 Å². The van der Waals surface area contributed by atoms with Crippen LogP contribution in [0.25, 0.3) is 5.65 Å². The van der Waals surface area contributed by atoms with Crippen molar-refractivity contribution in [1.82, 2.24) is 24.3 Å². The number of anilines is 1. The topological polar surface area (TPSA) is 62.7 Å². The van der Waals surface area contributed by atoms with Crippen molar-refractivity contribution in [3.05, 3.63) is 42.1 Å². The van der Waals surface area contributed by atoms with E-state index >= 15 is 0 Å². The minimum absolute atomic E-state index is 0.224. The van der Waals surface area contributed by atoms with Crippen molar-refractivity contribution >= 4 is 11.5 Å². The lowest BCUT2D eigenvalue weighted by Crippen LogP contribution is -2.46. The van der Waals surface area contributed by atoms with Crippen molar-refractivity contribution in [2.75, 3.05) is 31.1 Å². The van der Waals surface area contributed by atoms with E-state index < -0.39 is 11.9 Å². The van der Waals surface area contributed by atoms with E-state index in [2.05, 4.69) is 33.7 Å². The van der Waals surface area contributed by atoms with Gasteiger partial charge in [-0.2, -0.15) is 13.2 Å². The Labute approximate surface area is 159 Å². The summed E-state index contributed by atoms with van der Waals surface area (Å²) in [7, 11) is 0. The standard InChI is InChI=1S/C18H21F3N6O/c1-12(2)15-13(23-11-28-15)9-25-5-7-26(8-6-25)16-17-24-14(18(19,20)21)10-27(17)4-3-22-16/h3-4,10-12H,5-9H2,1-2H3. The number of rotatable bonds is 4.